The van der Waals surface area contributed by atoms with Crippen LogP contribution in [0.15, 0.2) is 57.9 Å². The smallest absolute Gasteiger partial charge is 0.263 e. The summed E-state index contributed by atoms with van der Waals surface area (Å²) in [5.74, 6) is 0. The van der Waals surface area contributed by atoms with E-state index >= 15 is 0 Å². The van der Waals surface area contributed by atoms with Gasteiger partial charge in [0.15, 0.2) is 0 Å². The van der Waals surface area contributed by atoms with E-state index in [1.807, 2.05) is 6.07 Å². The molecule has 0 saturated carbocycles. The van der Waals surface area contributed by atoms with Crippen LogP contribution >= 0.6 is 15.9 Å². The SMILES string of the molecule is Nc1ccc(Br)cc1S(=O)(=O)Nc1ccccc1. The Hall–Kier alpha value is -1.53. The van der Waals surface area contributed by atoms with Crippen molar-refractivity contribution in [3.8, 4) is 0 Å². The summed E-state index contributed by atoms with van der Waals surface area (Å²) in [7, 11) is -3.67. The minimum atomic E-state index is -3.67. The van der Waals surface area contributed by atoms with Gasteiger partial charge in [-0.05, 0) is 30.3 Å². The van der Waals surface area contributed by atoms with Gasteiger partial charge in [0.1, 0.15) is 4.90 Å². The van der Waals surface area contributed by atoms with E-state index in [0.717, 1.165) is 0 Å². The van der Waals surface area contributed by atoms with Crippen molar-refractivity contribution in [3.63, 3.8) is 0 Å². The van der Waals surface area contributed by atoms with Gasteiger partial charge in [0, 0.05) is 10.2 Å². The molecule has 0 saturated heterocycles. The Bertz CT molecular complexity index is 657. The molecule has 2 rings (SSSR count). The lowest BCUT2D eigenvalue weighted by atomic mass is 10.3. The van der Waals surface area contributed by atoms with E-state index in [0.29, 0.717) is 10.2 Å². The van der Waals surface area contributed by atoms with Crippen molar-refractivity contribution < 1.29 is 8.42 Å². The van der Waals surface area contributed by atoms with E-state index in [9.17, 15) is 8.42 Å². The molecule has 6 heteroatoms. The zero-order valence-corrected chi connectivity index (χ0v) is 11.7. The van der Waals surface area contributed by atoms with E-state index in [-0.39, 0.29) is 10.6 Å². The number of sulfonamides is 1. The molecule has 0 amide bonds. The summed E-state index contributed by atoms with van der Waals surface area (Å²) in [4.78, 5) is 0.0562. The van der Waals surface area contributed by atoms with Crippen molar-refractivity contribution in [3.05, 3.63) is 53.0 Å². The Labute approximate surface area is 114 Å². The van der Waals surface area contributed by atoms with Crippen LogP contribution in [0, 0.1) is 0 Å². The Morgan fingerprint density at radius 1 is 1.06 bits per heavy atom. The van der Waals surface area contributed by atoms with Crippen molar-refractivity contribution in [1.82, 2.24) is 0 Å². The Morgan fingerprint density at radius 2 is 1.72 bits per heavy atom. The molecule has 0 atom stereocenters. The first-order chi connectivity index (χ1) is 8.49. The summed E-state index contributed by atoms with van der Waals surface area (Å²) >= 11 is 3.23. The molecule has 2 aromatic carbocycles. The quantitative estimate of drug-likeness (QED) is 0.852. The lowest BCUT2D eigenvalue weighted by molar-refractivity contribution is 0.601. The normalized spacial score (nSPS) is 11.2. The first kappa shape index (κ1) is 12.9. The summed E-state index contributed by atoms with van der Waals surface area (Å²) in [6.45, 7) is 0. The van der Waals surface area contributed by atoms with Crippen LogP contribution in [0.3, 0.4) is 0 Å². The van der Waals surface area contributed by atoms with Gasteiger partial charge in [-0.15, -0.1) is 0 Å². The van der Waals surface area contributed by atoms with Crippen molar-refractivity contribution in [1.29, 1.82) is 0 Å². The summed E-state index contributed by atoms with van der Waals surface area (Å²) < 4.78 is 27.5. The zero-order valence-electron chi connectivity index (χ0n) is 9.30. The molecule has 0 bridgehead atoms. The van der Waals surface area contributed by atoms with Gasteiger partial charge in [-0.25, -0.2) is 8.42 Å². The lowest BCUT2D eigenvalue weighted by Crippen LogP contribution is -2.14. The van der Waals surface area contributed by atoms with Crippen molar-refractivity contribution in [2.75, 3.05) is 10.5 Å². The largest absolute Gasteiger partial charge is 0.398 e. The number of nitrogen functional groups attached to an aromatic ring is 1. The molecular weight excluding hydrogens is 316 g/mol. The second-order valence-electron chi connectivity index (χ2n) is 3.65. The first-order valence-corrected chi connectivity index (χ1v) is 7.39. The Balaban J connectivity index is 2.40. The molecule has 0 fully saturated rings. The molecule has 2 aromatic rings. The van der Waals surface area contributed by atoms with E-state index in [1.54, 1.807) is 36.4 Å². The molecule has 94 valence electrons. The third-order valence-corrected chi connectivity index (χ3v) is 4.22. The van der Waals surface area contributed by atoms with Crippen molar-refractivity contribution >= 4 is 37.3 Å². The second kappa shape index (κ2) is 4.99. The highest BCUT2D eigenvalue weighted by Crippen LogP contribution is 2.24. The molecule has 0 heterocycles. The molecule has 0 aliphatic heterocycles. The Morgan fingerprint density at radius 3 is 2.39 bits per heavy atom. The molecule has 3 N–H and O–H groups in total. The monoisotopic (exact) mass is 326 g/mol. The van der Waals surface area contributed by atoms with Crippen LogP contribution in [0.25, 0.3) is 0 Å². The number of hydrogen-bond acceptors (Lipinski definition) is 3. The lowest BCUT2D eigenvalue weighted by Gasteiger charge is -2.10. The fraction of sp³-hybridized carbons (Fsp3) is 0. The third-order valence-electron chi connectivity index (χ3n) is 2.29. The van der Waals surface area contributed by atoms with Gasteiger partial charge in [0.05, 0.1) is 5.69 Å². The predicted molar refractivity (Wildman–Crippen MR) is 75.8 cm³/mol. The maximum atomic E-state index is 12.2. The van der Waals surface area contributed by atoms with Crippen molar-refractivity contribution in [2.24, 2.45) is 0 Å². The van der Waals surface area contributed by atoms with Crippen LogP contribution in [0.1, 0.15) is 0 Å². The molecule has 18 heavy (non-hydrogen) atoms. The molecule has 0 aromatic heterocycles. The van der Waals surface area contributed by atoms with Crippen LogP contribution < -0.4 is 10.5 Å². The average Bonchev–Trinajstić information content (AvgIpc) is 2.33. The fourth-order valence-electron chi connectivity index (χ4n) is 1.46. The van der Waals surface area contributed by atoms with E-state index in [2.05, 4.69) is 20.7 Å². The van der Waals surface area contributed by atoms with Crippen LogP contribution in [-0.4, -0.2) is 8.42 Å². The number of benzene rings is 2. The molecule has 0 spiro atoms. The number of anilines is 2. The summed E-state index contributed by atoms with van der Waals surface area (Å²) in [6.07, 6.45) is 0. The van der Waals surface area contributed by atoms with E-state index < -0.39 is 10.0 Å². The highest BCUT2D eigenvalue weighted by atomic mass is 79.9. The maximum Gasteiger partial charge on any atom is 0.263 e. The van der Waals surface area contributed by atoms with E-state index in [4.69, 9.17) is 5.73 Å². The zero-order chi connectivity index (χ0) is 13.2. The molecule has 0 radical (unpaired) electrons. The highest BCUT2D eigenvalue weighted by molar-refractivity contribution is 9.10. The van der Waals surface area contributed by atoms with Gasteiger partial charge < -0.3 is 5.73 Å². The summed E-state index contributed by atoms with van der Waals surface area (Å²) in [5.41, 5.74) is 6.40. The molecular formula is C12H11BrN2O2S. The molecule has 0 aliphatic carbocycles. The molecule has 0 unspecified atom stereocenters. The van der Waals surface area contributed by atoms with Crippen molar-refractivity contribution in [2.45, 2.75) is 4.90 Å². The topological polar surface area (TPSA) is 72.2 Å². The van der Waals surface area contributed by atoms with E-state index in [1.165, 1.54) is 6.07 Å². The number of halogens is 1. The second-order valence-corrected chi connectivity index (χ2v) is 6.22. The average molecular weight is 327 g/mol. The van der Waals surface area contributed by atoms with Gasteiger partial charge in [0.25, 0.3) is 10.0 Å². The fourth-order valence-corrected chi connectivity index (χ4v) is 3.19. The summed E-state index contributed by atoms with van der Waals surface area (Å²) in [5, 5.41) is 0. The number of nitrogens with one attached hydrogen (secondary N) is 1. The molecule has 0 aliphatic rings. The maximum absolute atomic E-state index is 12.2. The number of hydrogen-bond donors (Lipinski definition) is 2. The minimum absolute atomic E-state index is 0.0562. The third kappa shape index (κ3) is 2.83. The van der Waals surface area contributed by atoms with Gasteiger partial charge >= 0.3 is 0 Å². The number of para-hydroxylation sites is 1. The number of nitrogens with two attached hydrogens (primary N) is 1. The van der Waals surface area contributed by atoms with Crippen LogP contribution in [0.4, 0.5) is 11.4 Å². The predicted octanol–water partition coefficient (Wildman–Crippen LogP) is 2.83. The Kier molecular flexibility index (Phi) is 3.58. The standard InChI is InChI=1S/C12H11BrN2O2S/c13-9-6-7-11(14)12(8-9)18(16,17)15-10-4-2-1-3-5-10/h1-8,15H,14H2. The van der Waals surface area contributed by atoms with Crippen LogP contribution in [-0.2, 0) is 10.0 Å². The van der Waals surface area contributed by atoms with Crippen LogP contribution in [0.5, 0.6) is 0 Å². The van der Waals surface area contributed by atoms with Gasteiger partial charge in [-0.2, -0.15) is 0 Å². The number of rotatable bonds is 3. The molecule has 4 nitrogen and oxygen atoms in total. The highest BCUT2D eigenvalue weighted by Gasteiger charge is 2.17. The van der Waals surface area contributed by atoms with Gasteiger partial charge in [-0.1, -0.05) is 34.1 Å². The van der Waals surface area contributed by atoms with Gasteiger partial charge in [0.2, 0.25) is 0 Å². The van der Waals surface area contributed by atoms with Crippen LogP contribution in [0.2, 0.25) is 0 Å². The minimum Gasteiger partial charge on any atom is -0.398 e. The first-order valence-electron chi connectivity index (χ1n) is 5.12. The summed E-state index contributed by atoms with van der Waals surface area (Å²) in [6, 6.07) is 13.4. The van der Waals surface area contributed by atoms with Gasteiger partial charge in [-0.3, -0.25) is 4.72 Å².